The van der Waals surface area contributed by atoms with Crippen molar-refractivity contribution in [3.05, 3.63) is 128 Å². The quantitative estimate of drug-likeness (QED) is 0.352. The van der Waals surface area contributed by atoms with Crippen LogP contribution in [0.1, 0.15) is 70.3 Å². The van der Waals surface area contributed by atoms with E-state index in [0.29, 0.717) is 5.92 Å². The molecule has 0 amide bonds. The van der Waals surface area contributed by atoms with Gasteiger partial charge < -0.3 is 0 Å². The highest BCUT2D eigenvalue weighted by molar-refractivity contribution is 5.67. The Morgan fingerprint density at radius 2 is 0.848 bits per heavy atom. The number of hydrogen-bond acceptors (Lipinski definition) is 0. The minimum absolute atomic E-state index is 0.350. The average Bonchev–Trinajstić information content (AvgIpc) is 3.17. The first kappa shape index (κ1) is 23.3. The van der Waals surface area contributed by atoms with E-state index in [2.05, 4.69) is 122 Å². The predicted octanol–water partition coefficient (Wildman–Crippen LogP) is 8.78. The van der Waals surface area contributed by atoms with Crippen LogP contribution in [0.15, 0.2) is 77.9 Å². The third-order valence-electron chi connectivity index (χ3n) is 6.96. The first-order valence-electron chi connectivity index (χ1n) is 12.3. The lowest BCUT2D eigenvalue weighted by molar-refractivity contribution is 0.681. The van der Waals surface area contributed by atoms with Crippen LogP contribution in [-0.2, 0) is 5.41 Å². The van der Waals surface area contributed by atoms with Crippen molar-refractivity contribution >= 4 is 0 Å². The van der Waals surface area contributed by atoms with Crippen molar-refractivity contribution in [3.8, 4) is 0 Å². The van der Waals surface area contributed by atoms with E-state index in [1.807, 2.05) is 0 Å². The lowest BCUT2D eigenvalue weighted by atomic mass is 9.61. The highest BCUT2D eigenvalue weighted by atomic mass is 14.4. The smallest absolute Gasteiger partial charge is 0.0701 e. The van der Waals surface area contributed by atoms with Gasteiger partial charge in [-0.25, -0.2) is 0 Å². The third-order valence-corrected chi connectivity index (χ3v) is 6.96. The van der Waals surface area contributed by atoms with Gasteiger partial charge in [0.1, 0.15) is 0 Å². The zero-order valence-corrected chi connectivity index (χ0v) is 21.6. The van der Waals surface area contributed by atoms with E-state index in [1.165, 1.54) is 61.2 Å². The standard InChI is InChI=1S/C33H38/c1-21(2)31-10-9-11-32(31)33(28-15-22(3)12-23(4)16-28,29-17-24(5)13-25(6)18-29)30-19-26(7)14-27(8)20-30/h10-21H,9H2,1-8H3. The fraction of sp³-hybridized carbons (Fsp3) is 0.333. The molecule has 3 aromatic carbocycles. The Morgan fingerprint density at radius 1 is 0.515 bits per heavy atom. The minimum Gasteiger partial charge on any atom is -0.0769 e. The summed E-state index contributed by atoms with van der Waals surface area (Å²) in [4.78, 5) is 0. The normalized spacial score (nSPS) is 14.0. The lowest BCUT2D eigenvalue weighted by Crippen LogP contribution is -2.34. The predicted molar refractivity (Wildman–Crippen MR) is 143 cm³/mol. The number of aryl methyl sites for hydroxylation is 6. The molecule has 0 heteroatoms. The molecule has 0 fully saturated rings. The van der Waals surface area contributed by atoms with E-state index in [-0.39, 0.29) is 5.41 Å². The largest absolute Gasteiger partial charge is 0.0769 e. The Balaban J connectivity index is 2.23. The number of benzene rings is 3. The maximum atomic E-state index is 2.49. The van der Waals surface area contributed by atoms with Crippen molar-refractivity contribution in [2.24, 2.45) is 5.92 Å². The summed E-state index contributed by atoms with van der Waals surface area (Å²) in [6.07, 6.45) is 5.94. The Kier molecular flexibility index (Phi) is 6.23. The summed E-state index contributed by atoms with van der Waals surface area (Å²) in [6, 6.07) is 21.4. The van der Waals surface area contributed by atoms with Gasteiger partial charge in [0.05, 0.1) is 5.41 Å². The second kappa shape index (κ2) is 8.82. The average molecular weight is 435 g/mol. The van der Waals surface area contributed by atoms with Gasteiger partial charge in [-0.2, -0.15) is 0 Å². The van der Waals surface area contributed by atoms with Gasteiger partial charge in [0.2, 0.25) is 0 Å². The van der Waals surface area contributed by atoms with Crippen molar-refractivity contribution < 1.29 is 0 Å². The Bertz CT molecular complexity index is 1080. The summed E-state index contributed by atoms with van der Waals surface area (Å²) in [5.74, 6) is 0.473. The molecule has 0 aromatic heterocycles. The van der Waals surface area contributed by atoms with Crippen LogP contribution in [0.4, 0.5) is 0 Å². The molecule has 4 rings (SSSR count). The summed E-state index contributed by atoms with van der Waals surface area (Å²) >= 11 is 0. The van der Waals surface area contributed by atoms with E-state index >= 15 is 0 Å². The first-order chi connectivity index (χ1) is 15.6. The zero-order valence-electron chi connectivity index (χ0n) is 21.6. The SMILES string of the molecule is Cc1cc(C)cc(C(C2=CCC=C2C(C)C)(c2cc(C)cc(C)c2)c2cc(C)cc(C)c2)c1. The van der Waals surface area contributed by atoms with Gasteiger partial charge in [0, 0.05) is 0 Å². The van der Waals surface area contributed by atoms with Gasteiger partial charge in [0.25, 0.3) is 0 Å². The topological polar surface area (TPSA) is 0 Å². The first-order valence-corrected chi connectivity index (χ1v) is 12.3. The second-order valence-electron chi connectivity index (χ2n) is 10.5. The summed E-state index contributed by atoms with van der Waals surface area (Å²) in [6.45, 7) is 18.0. The monoisotopic (exact) mass is 434 g/mol. The minimum atomic E-state index is -0.350. The van der Waals surface area contributed by atoms with Gasteiger partial charge in [-0.05, 0) is 81.7 Å². The van der Waals surface area contributed by atoms with Crippen LogP contribution in [0.25, 0.3) is 0 Å². The maximum absolute atomic E-state index is 2.49. The molecule has 0 N–H and O–H groups in total. The van der Waals surface area contributed by atoms with Gasteiger partial charge in [-0.15, -0.1) is 0 Å². The van der Waals surface area contributed by atoms with Gasteiger partial charge in [-0.3, -0.25) is 0 Å². The summed E-state index contributed by atoms with van der Waals surface area (Å²) in [7, 11) is 0. The van der Waals surface area contributed by atoms with Crippen LogP contribution in [-0.4, -0.2) is 0 Å². The zero-order chi connectivity index (χ0) is 23.9. The van der Waals surface area contributed by atoms with Gasteiger partial charge in [0.15, 0.2) is 0 Å². The van der Waals surface area contributed by atoms with Gasteiger partial charge in [-0.1, -0.05) is 114 Å². The van der Waals surface area contributed by atoms with Crippen LogP contribution < -0.4 is 0 Å². The summed E-state index contributed by atoms with van der Waals surface area (Å²) in [5, 5.41) is 0. The Labute approximate surface area is 201 Å². The molecule has 1 aliphatic rings. The van der Waals surface area contributed by atoms with Crippen molar-refractivity contribution in [3.63, 3.8) is 0 Å². The molecule has 170 valence electrons. The van der Waals surface area contributed by atoms with E-state index in [0.717, 1.165) is 6.42 Å². The summed E-state index contributed by atoms with van der Waals surface area (Å²) < 4.78 is 0. The van der Waals surface area contributed by atoms with Crippen molar-refractivity contribution in [2.45, 2.75) is 67.2 Å². The Hall–Kier alpha value is -2.86. The molecule has 33 heavy (non-hydrogen) atoms. The van der Waals surface area contributed by atoms with E-state index < -0.39 is 0 Å². The van der Waals surface area contributed by atoms with E-state index in [4.69, 9.17) is 0 Å². The van der Waals surface area contributed by atoms with Crippen LogP contribution >= 0.6 is 0 Å². The van der Waals surface area contributed by atoms with Crippen molar-refractivity contribution in [2.75, 3.05) is 0 Å². The molecule has 0 saturated heterocycles. The lowest BCUT2D eigenvalue weighted by Gasteiger charge is -2.40. The van der Waals surface area contributed by atoms with Crippen LogP contribution in [0.3, 0.4) is 0 Å². The van der Waals surface area contributed by atoms with Crippen molar-refractivity contribution in [1.82, 2.24) is 0 Å². The molecule has 0 spiro atoms. The fourth-order valence-electron chi connectivity index (χ4n) is 5.99. The molecule has 0 aliphatic heterocycles. The second-order valence-corrected chi connectivity index (χ2v) is 10.5. The van der Waals surface area contributed by atoms with Crippen LogP contribution in [0.5, 0.6) is 0 Å². The molecular weight excluding hydrogens is 396 g/mol. The van der Waals surface area contributed by atoms with Gasteiger partial charge >= 0.3 is 0 Å². The van der Waals surface area contributed by atoms with Crippen LogP contribution in [0.2, 0.25) is 0 Å². The molecule has 0 radical (unpaired) electrons. The molecule has 1 aliphatic carbocycles. The number of hydrogen-bond donors (Lipinski definition) is 0. The Morgan fingerprint density at radius 3 is 1.15 bits per heavy atom. The molecule has 0 unspecified atom stereocenters. The summed E-state index contributed by atoms with van der Waals surface area (Å²) in [5.41, 5.74) is 14.6. The molecule has 0 nitrogen and oxygen atoms in total. The van der Waals surface area contributed by atoms with E-state index in [9.17, 15) is 0 Å². The highest BCUT2D eigenvalue weighted by Gasteiger charge is 2.43. The van der Waals surface area contributed by atoms with Crippen LogP contribution in [0, 0.1) is 47.5 Å². The molecule has 0 heterocycles. The van der Waals surface area contributed by atoms with E-state index in [1.54, 1.807) is 0 Å². The molecule has 0 bridgehead atoms. The fourth-order valence-corrected chi connectivity index (χ4v) is 5.99. The third kappa shape index (κ3) is 4.24. The van der Waals surface area contributed by atoms with Crippen molar-refractivity contribution in [1.29, 1.82) is 0 Å². The maximum Gasteiger partial charge on any atom is 0.0701 e. The molecule has 0 saturated carbocycles. The molecule has 3 aromatic rings. The molecule has 0 atom stereocenters. The number of rotatable bonds is 5. The highest BCUT2D eigenvalue weighted by Crippen LogP contribution is 2.51. The number of allylic oxidation sites excluding steroid dienone is 4. The molecular formula is C33H38.